The van der Waals surface area contributed by atoms with Crippen LogP contribution >= 0.6 is 11.6 Å². The molecule has 0 aliphatic heterocycles. The predicted molar refractivity (Wildman–Crippen MR) is 90.2 cm³/mol. The summed E-state index contributed by atoms with van der Waals surface area (Å²) in [4.78, 5) is 11.6. The Morgan fingerprint density at radius 3 is 2.43 bits per heavy atom. The van der Waals surface area contributed by atoms with Gasteiger partial charge in [0.1, 0.15) is 16.8 Å². The van der Waals surface area contributed by atoms with Crippen molar-refractivity contribution in [3.05, 3.63) is 17.0 Å². The summed E-state index contributed by atoms with van der Waals surface area (Å²) in [7, 11) is 0. The van der Waals surface area contributed by atoms with Gasteiger partial charge in [0.15, 0.2) is 0 Å². The molecule has 1 fully saturated rings. The zero-order valence-corrected chi connectivity index (χ0v) is 14.5. The first-order valence-electron chi connectivity index (χ1n) is 8.28. The number of anilines is 1. The number of hydrogen-bond acceptors (Lipinski definition) is 3. The third-order valence-corrected chi connectivity index (χ3v) is 4.42. The Kier molecular flexibility index (Phi) is 5.86. The zero-order chi connectivity index (χ0) is 15.4. The maximum absolute atomic E-state index is 6.23. The lowest BCUT2D eigenvalue weighted by atomic mass is 10.1. The number of rotatable bonds is 6. The average Bonchev–Trinajstić information content (AvgIpc) is 2.92. The first-order valence-corrected chi connectivity index (χ1v) is 8.66. The van der Waals surface area contributed by atoms with Crippen LogP contribution in [0.25, 0.3) is 0 Å². The maximum Gasteiger partial charge on any atom is 0.135 e. The van der Waals surface area contributed by atoms with Crippen LogP contribution in [0.1, 0.15) is 71.5 Å². The van der Waals surface area contributed by atoms with Crippen molar-refractivity contribution in [3.8, 4) is 0 Å². The van der Waals surface area contributed by atoms with Gasteiger partial charge in [-0.05, 0) is 25.2 Å². The normalized spacial score (nSPS) is 16.1. The molecule has 4 heteroatoms. The largest absolute Gasteiger partial charge is 0.353 e. The molecule has 0 amide bonds. The lowest BCUT2D eigenvalue weighted by Gasteiger charge is -2.31. The minimum Gasteiger partial charge on any atom is -0.353 e. The van der Waals surface area contributed by atoms with Gasteiger partial charge in [-0.25, -0.2) is 9.97 Å². The van der Waals surface area contributed by atoms with Crippen molar-refractivity contribution in [1.82, 2.24) is 9.97 Å². The molecule has 0 spiro atoms. The van der Waals surface area contributed by atoms with Crippen LogP contribution in [0, 0.1) is 5.92 Å². The zero-order valence-electron chi connectivity index (χ0n) is 13.8. The Morgan fingerprint density at radius 2 is 1.86 bits per heavy atom. The van der Waals surface area contributed by atoms with Crippen molar-refractivity contribution >= 4 is 17.4 Å². The Labute approximate surface area is 134 Å². The van der Waals surface area contributed by atoms with Gasteiger partial charge in [0.05, 0.1) is 0 Å². The molecule has 2 rings (SSSR count). The summed E-state index contributed by atoms with van der Waals surface area (Å²) in [5.41, 5.74) is 0. The first-order chi connectivity index (χ1) is 9.97. The van der Waals surface area contributed by atoms with Crippen molar-refractivity contribution in [3.63, 3.8) is 0 Å². The molecule has 0 atom stereocenters. The minimum atomic E-state index is 0.304. The van der Waals surface area contributed by atoms with Crippen LogP contribution < -0.4 is 4.90 Å². The summed E-state index contributed by atoms with van der Waals surface area (Å²) in [6.45, 7) is 9.85. The second-order valence-corrected chi connectivity index (χ2v) is 7.26. The summed E-state index contributed by atoms with van der Waals surface area (Å²) in [5, 5.41) is 0.566. The van der Waals surface area contributed by atoms with E-state index in [9.17, 15) is 0 Å². The van der Waals surface area contributed by atoms with Crippen molar-refractivity contribution in [2.75, 3.05) is 11.4 Å². The fraction of sp³-hybridized carbons (Fsp3) is 0.765. The number of halogens is 1. The highest BCUT2D eigenvalue weighted by Crippen LogP contribution is 2.29. The quantitative estimate of drug-likeness (QED) is 0.689. The standard InChI is InChI=1S/C17H28ClN3/c1-12(2)9-10-21(14-7-5-6-8-14)16-11-15(18)19-17(20-16)13(3)4/h11-14H,5-10H2,1-4H3. The van der Waals surface area contributed by atoms with Crippen LogP contribution in [0.3, 0.4) is 0 Å². The Bertz CT molecular complexity index is 453. The summed E-state index contributed by atoms with van der Waals surface area (Å²) < 4.78 is 0. The van der Waals surface area contributed by atoms with Crippen LogP contribution in [-0.4, -0.2) is 22.6 Å². The Morgan fingerprint density at radius 1 is 1.19 bits per heavy atom. The molecule has 0 radical (unpaired) electrons. The van der Waals surface area contributed by atoms with Gasteiger partial charge >= 0.3 is 0 Å². The molecule has 1 saturated carbocycles. The second kappa shape index (κ2) is 7.44. The number of aromatic nitrogens is 2. The van der Waals surface area contributed by atoms with E-state index < -0.39 is 0 Å². The molecule has 0 bridgehead atoms. The highest BCUT2D eigenvalue weighted by molar-refractivity contribution is 6.29. The Balaban J connectivity index is 2.26. The van der Waals surface area contributed by atoms with Crippen molar-refractivity contribution in [2.24, 2.45) is 5.92 Å². The molecule has 1 aromatic rings. The maximum atomic E-state index is 6.23. The van der Waals surface area contributed by atoms with Crippen LogP contribution in [0.2, 0.25) is 5.15 Å². The second-order valence-electron chi connectivity index (χ2n) is 6.88. The smallest absolute Gasteiger partial charge is 0.135 e. The molecular formula is C17H28ClN3. The van der Waals surface area contributed by atoms with E-state index in [2.05, 4.69) is 37.6 Å². The van der Waals surface area contributed by atoms with Gasteiger partial charge in [-0.15, -0.1) is 0 Å². The fourth-order valence-electron chi connectivity index (χ4n) is 2.93. The molecule has 1 aliphatic rings. The van der Waals surface area contributed by atoms with Gasteiger partial charge < -0.3 is 4.90 Å². The molecule has 3 nitrogen and oxygen atoms in total. The van der Waals surface area contributed by atoms with Gasteiger partial charge in [-0.3, -0.25) is 0 Å². The summed E-state index contributed by atoms with van der Waals surface area (Å²) in [6.07, 6.45) is 6.40. The van der Waals surface area contributed by atoms with E-state index in [0.29, 0.717) is 23.0 Å². The van der Waals surface area contributed by atoms with Gasteiger partial charge in [-0.2, -0.15) is 0 Å². The average molecular weight is 310 g/mol. The fourth-order valence-corrected chi connectivity index (χ4v) is 3.11. The third-order valence-electron chi connectivity index (χ3n) is 4.22. The third kappa shape index (κ3) is 4.57. The van der Waals surface area contributed by atoms with Gasteiger partial charge in [0.2, 0.25) is 0 Å². The van der Waals surface area contributed by atoms with Crippen LogP contribution in [-0.2, 0) is 0 Å². The molecule has 0 saturated heterocycles. The topological polar surface area (TPSA) is 29.0 Å². The molecule has 118 valence electrons. The minimum absolute atomic E-state index is 0.304. The molecule has 1 aromatic heterocycles. The van der Waals surface area contributed by atoms with E-state index in [1.165, 1.54) is 32.1 Å². The van der Waals surface area contributed by atoms with Crippen molar-refractivity contribution in [2.45, 2.75) is 71.8 Å². The van der Waals surface area contributed by atoms with E-state index in [4.69, 9.17) is 16.6 Å². The molecule has 0 N–H and O–H groups in total. The molecular weight excluding hydrogens is 282 g/mol. The summed E-state index contributed by atoms with van der Waals surface area (Å²) in [5.74, 6) is 2.88. The monoisotopic (exact) mass is 309 g/mol. The number of hydrogen-bond donors (Lipinski definition) is 0. The lowest BCUT2D eigenvalue weighted by molar-refractivity contribution is 0.523. The Hall–Kier alpha value is -0.830. The van der Waals surface area contributed by atoms with Crippen LogP contribution in [0.4, 0.5) is 5.82 Å². The SMILES string of the molecule is CC(C)CCN(c1cc(Cl)nc(C(C)C)n1)C1CCCC1. The molecule has 1 aliphatic carbocycles. The number of nitrogens with zero attached hydrogens (tertiary/aromatic N) is 3. The van der Waals surface area contributed by atoms with Crippen LogP contribution in [0.15, 0.2) is 6.07 Å². The molecule has 0 unspecified atom stereocenters. The molecule has 1 heterocycles. The summed E-state index contributed by atoms with van der Waals surface area (Å²) >= 11 is 6.23. The van der Waals surface area contributed by atoms with Gasteiger partial charge in [0.25, 0.3) is 0 Å². The van der Waals surface area contributed by atoms with E-state index in [-0.39, 0.29) is 0 Å². The lowest BCUT2D eigenvalue weighted by Crippen LogP contribution is -2.35. The van der Waals surface area contributed by atoms with E-state index in [1.807, 2.05) is 6.07 Å². The highest BCUT2D eigenvalue weighted by Gasteiger charge is 2.24. The van der Waals surface area contributed by atoms with E-state index >= 15 is 0 Å². The van der Waals surface area contributed by atoms with Gasteiger partial charge in [-0.1, -0.05) is 52.1 Å². The molecule has 0 aromatic carbocycles. The molecule has 21 heavy (non-hydrogen) atoms. The van der Waals surface area contributed by atoms with Crippen LogP contribution in [0.5, 0.6) is 0 Å². The van der Waals surface area contributed by atoms with E-state index in [1.54, 1.807) is 0 Å². The van der Waals surface area contributed by atoms with Gasteiger partial charge in [0, 0.05) is 24.6 Å². The van der Waals surface area contributed by atoms with Crippen molar-refractivity contribution < 1.29 is 0 Å². The predicted octanol–water partition coefficient (Wildman–Crippen LogP) is 5.05. The first kappa shape index (κ1) is 16.5. The highest BCUT2D eigenvalue weighted by atomic mass is 35.5. The summed E-state index contributed by atoms with van der Waals surface area (Å²) in [6, 6.07) is 2.56. The van der Waals surface area contributed by atoms with E-state index in [0.717, 1.165) is 18.2 Å². The van der Waals surface area contributed by atoms with Crippen molar-refractivity contribution in [1.29, 1.82) is 0 Å².